The molecular weight excluding hydrogens is 136 g/mol. The highest BCUT2D eigenvalue weighted by Crippen LogP contribution is 1.97. The van der Waals surface area contributed by atoms with E-state index in [2.05, 4.69) is 0 Å². The quantitative estimate of drug-likeness (QED) is 0.475. The molecule has 1 rings (SSSR count). The zero-order valence-electron chi connectivity index (χ0n) is 6.03. The van der Waals surface area contributed by atoms with Crippen LogP contribution < -0.4 is 0 Å². The molecule has 11 heavy (non-hydrogen) atoms. The summed E-state index contributed by atoms with van der Waals surface area (Å²) >= 11 is 0. The second-order valence-corrected chi connectivity index (χ2v) is 2.05. The van der Waals surface area contributed by atoms with Gasteiger partial charge in [-0.2, -0.15) is 0 Å². The van der Waals surface area contributed by atoms with Crippen LogP contribution >= 0.6 is 0 Å². The molecule has 54 valence electrons. The molecule has 0 bridgehead atoms. The molecule has 0 spiro atoms. The number of allylic oxidation sites excluding steroid dienone is 9. The third kappa shape index (κ3) is 2.65. The lowest BCUT2D eigenvalue weighted by molar-refractivity contribution is 0.568. The van der Waals surface area contributed by atoms with Gasteiger partial charge < -0.3 is 0 Å². The highest BCUT2D eigenvalue weighted by atomic mass is 16.1. The molecule has 1 heteroatoms. The van der Waals surface area contributed by atoms with Gasteiger partial charge in [0.2, 0.25) is 0 Å². The lowest BCUT2D eigenvalue weighted by Gasteiger charge is -1.80. The highest BCUT2D eigenvalue weighted by Gasteiger charge is 1.82. The van der Waals surface area contributed by atoms with Crippen molar-refractivity contribution in [1.82, 2.24) is 0 Å². The molecule has 0 aromatic carbocycles. The van der Waals surface area contributed by atoms with Gasteiger partial charge in [0, 0.05) is 0 Å². The summed E-state index contributed by atoms with van der Waals surface area (Å²) in [6.45, 7) is 0. The van der Waals surface area contributed by atoms with Crippen LogP contribution in [0.4, 0.5) is 0 Å². The maximum absolute atomic E-state index is 10.2. The van der Waals surface area contributed by atoms with Crippen molar-refractivity contribution in [3.63, 3.8) is 0 Å². The lowest BCUT2D eigenvalue weighted by atomic mass is 10.2. The van der Waals surface area contributed by atoms with E-state index in [1.54, 1.807) is 24.3 Å². The fourth-order valence-corrected chi connectivity index (χ4v) is 0.699. The van der Waals surface area contributed by atoms with Crippen LogP contribution in [0.25, 0.3) is 0 Å². The third-order valence-electron chi connectivity index (χ3n) is 1.22. The minimum absolute atomic E-state index is 0.557. The van der Waals surface area contributed by atoms with E-state index in [1.807, 2.05) is 30.2 Å². The first-order valence-electron chi connectivity index (χ1n) is 3.36. The molecular formula is C10H8O. The van der Waals surface area contributed by atoms with E-state index in [0.29, 0.717) is 5.57 Å². The monoisotopic (exact) mass is 144 g/mol. The van der Waals surface area contributed by atoms with E-state index in [1.165, 1.54) is 0 Å². The Hall–Kier alpha value is -1.59. The average molecular weight is 144 g/mol. The van der Waals surface area contributed by atoms with Crippen LogP contribution in [0.5, 0.6) is 0 Å². The van der Waals surface area contributed by atoms with Crippen molar-refractivity contribution in [1.29, 1.82) is 0 Å². The average Bonchev–Trinajstić information content (AvgIpc) is 2.16. The van der Waals surface area contributed by atoms with Crippen LogP contribution in [0.15, 0.2) is 54.2 Å². The van der Waals surface area contributed by atoms with Crippen molar-refractivity contribution in [3.05, 3.63) is 54.2 Å². The summed E-state index contributed by atoms with van der Waals surface area (Å²) in [5.41, 5.74) is 0.557. The van der Waals surface area contributed by atoms with Gasteiger partial charge in [0.15, 0.2) is 0 Å². The molecule has 0 unspecified atom stereocenters. The van der Waals surface area contributed by atoms with Crippen LogP contribution in [-0.4, -0.2) is 5.94 Å². The van der Waals surface area contributed by atoms with Gasteiger partial charge in [-0.25, -0.2) is 4.79 Å². The topological polar surface area (TPSA) is 17.1 Å². The first kappa shape index (κ1) is 7.52. The Morgan fingerprint density at radius 2 is 1.27 bits per heavy atom. The molecule has 0 fully saturated rings. The number of hydrogen-bond acceptors (Lipinski definition) is 1. The van der Waals surface area contributed by atoms with Gasteiger partial charge in [-0.1, -0.05) is 36.5 Å². The van der Waals surface area contributed by atoms with Crippen LogP contribution in [0, 0.1) is 0 Å². The standard InChI is InChI=1S/C10H8O/c11-9-10-7-5-3-1-2-4-6-8-10/h1-8H/b3-1-,4-2-,7-5-,8-6-. The van der Waals surface area contributed by atoms with Crippen molar-refractivity contribution >= 4 is 5.94 Å². The highest BCUT2D eigenvalue weighted by molar-refractivity contribution is 5.62. The molecule has 0 amide bonds. The molecule has 0 heterocycles. The largest absolute Gasteiger partial charge is 0.233 e. The summed E-state index contributed by atoms with van der Waals surface area (Å²) in [6.07, 6.45) is 14.6. The number of rotatable bonds is 0. The normalized spacial score (nSPS) is 27.1. The smallest absolute Gasteiger partial charge is 0.132 e. The second-order valence-electron chi connectivity index (χ2n) is 2.05. The first-order valence-corrected chi connectivity index (χ1v) is 3.36. The fourth-order valence-electron chi connectivity index (χ4n) is 0.699. The molecule has 1 aliphatic rings. The van der Waals surface area contributed by atoms with E-state index in [0.717, 1.165) is 0 Å². The molecule has 0 atom stereocenters. The SMILES string of the molecule is O=C=C1\C=C/C=C\C=C/C=C\1. The molecule has 0 saturated carbocycles. The van der Waals surface area contributed by atoms with Gasteiger partial charge >= 0.3 is 0 Å². The molecule has 0 saturated heterocycles. The van der Waals surface area contributed by atoms with Crippen LogP contribution in [0.3, 0.4) is 0 Å². The van der Waals surface area contributed by atoms with E-state index < -0.39 is 0 Å². The van der Waals surface area contributed by atoms with Crippen LogP contribution in [0.2, 0.25) is 0 Å². The summed E-state index contributed by atoms with van der Waals surface area (Å²) < 4.78 is 0. The van der Waals surface area contributed by atoms with Crippen molar-refractivity contribution in [2.75, 3.05) is 0 Å². The van der Waals surface area contributed by atoms with Gasteiger partial charge in [-0.05, 0) is 12.2 Å². The van der Waals surface area contributed by atoms with E-state index in [4.69, 9.17) is 0 Å². The summed E-state index contributed by atoms with van der Waals surface area (Å²) in [6, 6.07) is 0. The molecule has 0 N–H and O–H groups in total. The lowest BCUT2D eigenvalue weighted by Crippen LogP contribution is -1.69. The number of carbonyl (C=O) groups excluding carboxylic acids is 1. The minimum Gasteiger partial charge on any atom is -0.233 e. The maximum atomic E-state index is 10.2. The van der Waals surface area contributed by atoms with Crippen molar-refractivity contribution in [3.8, 4) is 0 Å². The Balaban J connectivity index is 2.94. The fraction of sp³-hybridized carbons (Fsp3) is 0. The second kappa shape index (κ2) is 4.26. The molecule has 1 aliphatic carbocycles. The van der Waals surface area contributed by atoms with Gasteiger partial charge in [0.05, 0.1) is 5.57 Å². The van der Waals surface area contributed by atoms with Crippen LogP contribution in [0.1, 0.15) is 0 Å². The van der Waals surface area contributed by atoms with E-state index in [9.17, 15) is 4.79 Å². The van der Waals surface area contributed by atoms with E-state index >= 15 is 0 Å². The Labute approximate surface area is 65.7 Å². The predicted octanol–water partition coefficient (Wildman–Crippen LogP) is 1.98. The summed E-state index contributed by atoms with van der Waals surface area (Å²) in [5, 5.41) is 0. The van der Waals surface area contributed by atoms with Gasteiger partial charge in [-0.15, -0.1) is 0 Å². The molecule has 0 aromatic heterocycles. The predicted molar refractivity (Wildman–Crippen MR) is 45.8 cm³/mol. The van der Waals surface area contributed by atoms with Crippen molar-refractivity contribution in [2.45, 2.75) is 0 Å². The van der Waals surface area contributed by atoms with Gasteiger partial charge in [0.1, 0.15) is 5.94 Å². The zero-order valence-corrected chi connectivity index (χ0v) is 6.03. The molecule has 0 radical (unpaired) electrons. The van der Waals surface area contributed by atoms with Crippen LogP contribution in [-0.2, 0) is 4.79 Å². The number of hydrogen-bond donors (Lipinski definition) is 0. The Kier molecular flexibility index (Phi) is 2.91. The van der Waals surface area contributed by atoms with Gasteiger partial charge in [-0.3, -0.25) is 0 Å². The third-order valence-corrected chi connectivity index (χ3v) is 1.22. The summed E-state index contributed by atoms with van der Waals surface area (Å²) in [5.74, 6) is 1.82. The Morgan fingerprint density at radius 3 is 1.73 bits per heavy atom. The van der Waals surface area contributed by atoms with Crippen molar-refractivity contribution < 1.29 is 4.79 Å². The summed E-state index contributed by atoms with van der Waals surface area (Å²) in [7, 11) is 0. The maximum Gasteiger partial charge on any atom is 0.132 e. The zero-order chi connectivity index (χ0) is 7.94. The van der Waals surface area contributed by atoms with Crippen molar-refractivity contribution in [2.24, 2.45) is 0 Å². The molecule has 0 aromatic rings. The molecule has 1 nitrogen and oxygen atoms in total. The summed E-state index contributed by atoms with van der Waals surface area (Å²) in [4.78, 5) is 10.2. The first-order chi connectivity index (χ1) is 5.43. The Bertz CT molecular complexity index is 260. The molecule has 0 aliphatic heterocycles. The Morgan fingerprint density at radius 1 is 0.818 bits per heavy atom. The van der Waals surface area contributed by atoms with Gasteiger partial charge in [0.25, 0.3) is 0 Å². The minimum atomic E-state index is 0.557. The van der Waals surface area contributed by atoms with E-state index in [-0.39, 0.29) is 0 Å².